The Kier molecular flexibility index (Phi) is 3.28. The van der Waals surface area contributed by atoms with E-state index in [2.05, 4.69) is 30.9 Å². The van der Waals surface area contributed by atoms with Crippen LogP contribution in [0.15, 0.2) is 41.5 Å². The second kappa shape index (κ2) is 4.72. The summed E-state index contributed by atoms with van der Waals surface area (Å²) in [5.41, 5.74) is 1.72. The molecule has 0 saturated carbocycles. The molecule has 0 saturated heterocycles. The fourth-order valence-corrected chi connectivity index (χ4v) is 1.63. The van der Waals surface area contributed by atoms with Crippen molar-refractivity contribution >= 4 is 0 Å². The van der Waals surface area contributed by atoms with Gasteiger partial charge in [-0.05, 0) is 17.7 Å². The average Bonchev–Trinajstić information content (AvgIpc) is 2.32. The van der Waals surface area contributed by atoms with E-state index < -0.39 is 0 Å². The van der Waals surface area contributed by atoms with Gasteiger partial charge in [0.05, 0.1) is 12.2 Å². The standard InChI is InChI=1S/C14H17N3O/c1-14(2,3)12-6-7-13(18)17(16-12)10-11-5-4-8-15-9-11/h4-9H,10H2,1-3H3. The van der Waals surface area contributed by atoms with Crippen LogP contribution in [0.4, 0.5) is 0 Å². The third-order valence-electron chi connectivity index (χ3n) is 2.69. The largest absolute Gasteiger partial charge is 0.268 e. The summed E-state index contributed by atoms with van der Waals surface area (Å²) < 4.78 is 1.48. The highest BCUT2D eigenvalue weighted by atomic mass is 16.1. The molecule has 0 atom stereocenters. The van der Waals surface area contributed by atoms with Crippen LogP contribution in [0.1, 0.15) is 32.0 Å². The van der Waals surface area contributed by atoms with Gasteiger partial charge in [-0.15, -0.1) is 0 Å². The number of nitrogens with zero attached hydrogens (tertiary/aromatic N) is 3. The smallest absolute Gasteiger partial charge is 0.267 e. The summed E-state index contributed by atoms with van der Waals surface area (Å²) in [6.07, 6.45) is 3.46. The molecule has 2 aromatic heterocycles. The molecular weight excluding hydrogens is 226 g/mol. The third-order valence-corrected chi connectivity index (χ3v) is 2.69. The van der Waals surface area contributed by atoms with Gasteiger partial charge in [0, 0.05) is 23.9 Å². The first-order chi connectivity index (χ1) is 8.47. The minimum absolute atomic E-state index is 0.0651. The fraction of sp³-hybridized carbons (Fsp3) is 0.357. The van der Waals surface area contributed by atoms with Crippen molar-refractivity contribution in [3.05, 3.63) is 58.3 Å². The minimum atomic E-state index is -0.0909. The quantitative estimate of drug-likeness (QED) is 0.810. The number of rotatable bonds is 2. The lowest BCUT2D eigenvalue weighted by Crippen LogP contribution is -2.27. The summed E-state index contributed by atoms with van der Waals surface area (Å²) in [5, 5.41) is 4.42. The molecule has 94 valence electrons. The summed E-state index contributed by atoms with van der Waals surface area (Å²) in [6.45, 7) is 6.69. The highest BCUT2D eigenvalue weighted by Gasteiger charge is 2.16. The molecular formula is C14H17N3O. The average molecular weight is 243 g/mol. The molecule has 2 heterocycles. The van der Waals surface area contributed by atoms with Gasteiger partial charge < -0.3 is 0 Å². The van der Waals surface area contributed by atoms with Gasteiger partial charge in [0.2, 0.25) is 0 Å². The summed E-state index contributed by atoms with van der Waals surface area (Å²) in [5.74, 6) is 0. The number of aromatic nitrogens is 3. The first-order valence-electron chi connectivity index (χ1n) is 5.94. The second-order valence-corrected chi connectivity index (χ2v) is 5.33. The maximum atomic E-state index is 11.8. The molecule has 0 amide bonds. The van der Waals surface area contributed by atoms with Crippen molar-refractivity contribution in [2.24, 2.45) is 0 Å². The molecule has 4 nitrogen and oxygen atoms in total. The lowest BCUT2D eigenvalue weighted by atomic mass is 9.92. The van der Waals surface area contributed by atoms with Gasteiger partial charge in [0.25, 0.3) is 5.56 Å². The van der Waals surface area contributed by atoms with Crippen molar-refractivity contribution in [2.75, 3.05) is 0 Å². The highest BCUT2D eigenvalue weighted by molar-refractivity contribution is 5.13. The molecule has 2 rings (SSSR count). The first kappa shape index (κ1) is 12.5. The Balaban J connectivity index is 2.36. The first-order valence-corrected chi connectivity index (χ1v) is 5.94. The van der Waals surface area contributed by atoms with Gasteiger partial charge >= 0.3 is 0 Å². The van der Waals surface area contributed by atoms with Crippen molar-refractivity contribution < 1.29 is 0 Å². The molecule has 0 bridgehead atoms. The van der Waals surface area contributed by atoms with E-state index in [0.717, 1.165) is 11.3 Å². The normalized spacial score (nSPS) is 11.5. The Morgan fingerprint density at radius 2 is 2.00 bits per heavy atom. The van der Waals surface area contributed by atoms with Crippen molar-refractivity contribution in [3.8, 4) is 0 Å². The van der Waals surface area contributed by atoms with Crippen molar-refractivity contribution in [1.82, 2.24) is 14.8 Å². The van der Waals surface area contributed by atoms with Crippen LogP contribution < -0.4 is 5.56 Å². The van der Waals surface area contributed by atoms with E-state index in [1.165, 1.54) is 4.68 Å². The van der Waals surface area contributed by atoms with E-state index in [4.69, 9.17) is 0 Å². The van der Waals surface area contributed by atoms with E-state index >= 15 is 0 Å². The van der Waals surface area contributed by atoms with E-state index in [0.29, 0.717) is 6.54 Å². The van der Waals surface area contributed by atoms with Gasteiger partial charge in [0.15, 0.2) is 0 Å². The van der Waals surface area contributed by atoms with Crippen LogP contribution in [0, 0.1) is 0 Å². The van der Waals surface area contributed by atoms with E-state index in [-0.39, 0.29) is 11.0 Å². The van der Waals surface area contributed by atoms with Crippen molar-refractivity contribution in [2.45, 2.75) is 32.7 Å². The molecule has 0 aliphatic rings. The highest BCUT2D eigenvalue weighted by Crippen LogP contribution is 2.18. The van der Waals surface area contributed by atoms with Crippen LogP contribution in [-0.4, -0.2) is 14.8 Å². The van der Waals surface area contributed by atoms with E-state index in [1.807, 2.05) is 12.1 Å². The minimum Gasteiger partial charge on any atom is -0.268 e. The molecule has 2 aromatic rings. The zero-order valence-corrected chi connectivity index (χ0v) is 10.9. The Bertz CT molecular complexity index is 582. The molecule has 4 heteroatoms. The van der Waals surface area contributed by atoms with Crippen molar-refractivity contribution in [1.29, 1.82) is 0 Å². The van der Waals surface area contributed by atoms with Crippen LogP contribution >= 0.6 is 0 Å². The van der Waals surface area contributed by atoms with Crippen LogP contribution in [0.25, 0.3) is 0 Å². The van der Waals surface area contributed by atoms with Gasteiger partial charge in [-0.25, -0.2) is 4.68 Å². The number of pyridine rings is 1. The molecule has 0 radical (unpaired) electrons. The van der Waals surface area contributed by atoms with Gasteiger partial charge in [-0.2, -0.15) is 5.10 Å². The predicted octanol–water partition coefficient (Wildman–Crippen LogP) is 1.98. The van der Waals surface area contributed by atoms with Crippen LogP contribution in [0.2, 0.25) is 0 Å². The number of hydrogen-bond acceptors (Lipinski definition) is 3. The second-order valence-electron chi connectivity index (χ2n) is 5.33. The van der Waals surface area contributed by atoms with E-state index in [9.17, 15) is 4.79 Å². The van der Waals surface area contributed by atoms with Crippen LogP contribution in [-0.2, 0) is 12.0 Å². The molecule has 0 unspecified atom stereocenters. The Labute approximate surface area is 106 Å². The van der Waals surface area contributed by atoms with Gasteiger partial charge in [-0.3, -0.25) is 9.78 Å². The maximum Gasteiger partial charge on any atom is 0.267 e. The Morgan fingerprint density at radius 3 is 2.61 bits per heavy atom. The predicted molar refractivity (Wildman–Crippen MR) is 70.5 cm³/mol. The zero-order valence-electron chi connectivity index (χ0n) is 10.9. The number of hydrogen-bond donors (Lipinski definition) is 0. The van der Waals surface area contributed by atoms with Crippen molar-refractivity contribution in [3.63, 3.8) is 0 Å². The van der Waals surface area contributed by atoms with Gasteiger partial charge in [-0.1, -0.05) is 26.8 Å². The van der Waals surface area contributed by atoms with Crippen LogP contribution in [0.3, 0.4) is 0 Å². The Morgan fingerprint density at radius 1 is 1.22 bits per heavy atom. The maximum absolute atomic E-state index is 11.8. The van der Waals surface area contributed by atoms with E-state index in [1.54, 1.807) is 24.5 Å². The molecule has 0 aliphatic heterocycles. The summed E-state index contributed by atoms with van der Waals surface area (Å²) in [4.78, 5) is 15.8. The monoisotopic (exact) mass is 243 g/mol. The molecule has 0 fully saturated rings. The SMILES string of the molecule is CC(C)(C)c1ccc(=O)n(Cc2cccnc2)n1. The summed E-state index contributed by atoms with van der Waals surface area (Å²) in [6, 6.07) is 7.16. The van der Waals surface area contributed by atoms with Crippen LogP contribution in [0.5, 0.6) is 0 Å². The molecule has 0 aromatic carbocycles. The van der Waals surface area contributed by atoms with Gasteiger partial charge in [0.1, 0.15) is 0 Å². The molecule has 0 N–H and O–H groups in total. The lowest BCUT2D eigenvalue weighted by Gasteiger charge is -2.18. The third kappa shape index (κ3) is 2.83. The lowest BCUT2D eigenvalue weighted by molar-refractivity contribution is 0.517. The molecule has 0 spiro atoms. The molecule has 18 heavy (non-hydrogen) atoms. The molecule has 0 aliphatic carbocycles. The zero-order chi connectivity index (χ0) is 13.2. The topological polar surface area (TPSA) is 47.8 Å². The Hall–Kier alpha value is -1.97. The fourth-order valence-electron chi connectivity index (χ4n) is 1.63. The summed E-state index contributed by atoms with van der Waals surface area (Å²) >= 11 is 0. The summed E-state index contributed by atoms with van der Waals surface area (Å²) in [7, 11) is 0.